The summed E-state index contributed by atoms with van der Waals surface area (Å²) in [5.41, 5.74) is 0. The minimum absolute atomic E-state index is 0.255. The lowest BCUT2D eigenvalue weighted by Gasteiger charge is -2.10. The van der Waals surface area contributed by atoms with Crippen LogP contribution in [0.25, 0.3) is 0 Å². The van der Waals surface area contributed by atoms with Crippen molar-refractivity contribution >= 4 is 0 Å². The maximum atomic E-state index is 9.81. The minimum Gasteiger partial charge on any atom is -0.634 e. The van der Waals surface area contributed by atoms with Gasteiger partial charge in [-0.25, -0.2) is 0 Å². The van der Waals surface area contributed by atoms with E-state index in [2.05, 4.69) is 0 Å². The third-order valence-electron chi connectivity index (χ3n) is 0.498. The van der Waals surface area contributed by atoms with Crippen LogP contribution in [0, 0.1) is 5.21 Å². The molecule has 0 aromatic rings. The van der Waals surface area contributed by atoms with Crippen molar-refractivity contribution in [3.05, 3.63) is 5.21 Å². The fraction of sp³-hybridized carbons (Fsp3) is 1.00. The summed E-state index contributed by atoms with van der Waals surface area (Å²) >= 11 is 0. The van der Waals surface area contributed by atoms with Crippen LogP contribution >= 0.6 is 0 Å². The normalized spacial score (nSPS) is 15.0. The van der Waals surface area contributed by atoms with E-state index in [1.54, 1.807) is 7.05 Å². The predicted octanol–water partition coefficient (Wildman–Crippen LogP) is -0.981. The minimum atomic E-state index is 0.255. The van der Waals surface area contributed by atoms with Gasteiger partial charge < -0.3 is 10.3 Å². The SMILES string of the molecule is CC[NH+](C)[O-]. The molecule has 1 N–H and O–H groups in total. The van der Waals surface area contributed by atoms with Crippen molar-refractivity contribution in [1.29, 1.82) is 0 Å². The van der Waals surface area contributed by atoms with Crippen molar-refractivity contribution in [3.8, 4) is 0 Å². The van der Waals surface area contributed by atoms with E-state index >= 15 is 0 Å². The van der Waals surface area contributed by atoms with E-state index < -0.39 is 0 Å². The lowest BCUT2D eigenvalue weighted by atomic mass is 10.8. The predicted molar refractivity (Wildman–Crippen MR) is 20.8 cm³/mol. The molecule has 0 aliphatic heterocycles. The summed E-state index contributed by atoms with van der Waals surface area (Å²) in [6.45, 7) is 2.52. The summed E-state index contributed by atoms with van der Waals surface area (Å²) < 4.78 is 0. The van der Waals surface area contributed by atoms with E-state index in [1.165, 1.54) is 0 Å². The summed E-state index contributed by atoms with van der Waals surface area (Å²) in [6, 6.07) is 0. The zero-order chi connectivity index (χ0) is 4.28. The van der Waals surface area contributed by atoms with Crippen LogP contribution in [0.4, 0.5) is 0 Å². The molecule has 2 nitrogen and oxygen atoms in total. The molecule has 0 bridgehead atoms. The lowest BCUT2D eigenvalue weighted by Crippen LogP contribution is -3.03. The molecule has 0 radical (unpaired) electrons. The quantitative estimate of drug-likeness (QED) is 0.398. The maximum absolute atomic E-state index is 9.81. The molecular weight excluding hydrogens is 66.0 g/mol. The second kappa shape index (κ2) is 2.18. The highest BCUT2D eigenvalue weighted by molar-refractivity contribution is 4.02. The Hall–Kier alpha value is -0.0800. The Bertz CT molecular complexity index is 20.9. The van der Waals surface area contributed by atoms with Crippen molar-refractivity contribution in [1.82, 2.24) is 0 Å². The van der Waals surface area contributed by atoms with Gasteiger partial charge in [0.05, 0.1) is 13.6 Å². The van der Waals surface area contributed by atoms with Crippen LogP contribution < -0.4 is 5.06 Å². The van der Waals surface area contributed by atoms with Crippen molar-refractivity contribution in [2.75, 3.05) is 13.6 Å². The van der Waals surface area contributed by atoms with Gasteiger partial charge in [-0.2, -0.15) is 0 Å². The van der Waals surface area contributed by atoms with Gasteiger partial charge in [0, 0.05) is 0 Å². The van der Waals surface area contributed by atoms with Crippen LogP contribution in [0.1, 0.15) is 6.92 Å². The van der Waals surface area contributed by atoms with E-state index in [-0.39, 0.29) is 5.06 Å². The molecule has 0 aromatic carbocycles. The summed E-state index contributed by atoms with van der Waals surface area (Å²) in [4.78, 5) is 0. The first kappa shape index (κ1) is 4.92. The van der Waals surface area contributed by atoms with Gasteiger partial charge in [0.2, 0.25) is 0 Å². The Morgan fingerprint density at radius 1 is 1.80 bits per heavy atom. The van der Waals surface area contributed by atoms with Gasteiger partial charge in [-0.1, -0.05) is 0 Å². The Labute approximate surface area is 32.0 Å². The van der Waals surface area contributed by atoms with Crippen LogP contribution in [-0.2, 0) is 0 Å². The van der Waals surface area contributed by atoms with E-state index in [0.717, 1.165) is 0 Å². The van der Waals surface area contributed by atoms with Crippen molar-refractivity contribution in [2.45, 2.75) is 6.92 Å². The van der Waals surface area contributed by atoms with Crippen LogP contribution in [0.5, 0.6) is 0 Å². The lowest BCUT2D eigenvalue weighted by molar-refractivity contribution is -0.823. The highest BCUT2D eigenvalue weighted by Crippen LogP contribution is 1.27. The summed E-state index contributed by atoms with van der Waals surface area (Å²) in [7, 11) is 1.58. The molecular formula is C3H9NO. The number of hydrogen-bond acceptors (Lipinski definition) is 1. The first-order valence-corrected chi connectivity index (χ1v) is 1.76. The zero-order valence-corrected chi connectivity index (χ0v) is 3.62. The Kier molecular flexibility index (Phi) is 2.14. The number of quaternary nitrogens is 1. The molecule has 0 spiro atoms. The van der Waals surface area contributed by atoms with Crippen molar-refractivity contribution in [3.63, 3.8) is 0 Å². The molecule has 0 saturated heterocycles. The van der Waals surface area contributed by atoms with Gasteiger partial charge in [-0.3, -0.25) is 0 Å². The summed E-state index contributed by atoms with van der Waals surface area (Å²) in [6.07, 6.45) is 0. The monoisotopic (exact) mass is 75.1 g/mol. The molecule has 0 rings (SSSR count). The third-order valence-corrected chi connectivity index (χ3v) is 0.498. The fourth-order valence-electron chi connectivity index (χ4n) is 0. The number of hydroxylamine groups is 2. The molecule has 0 saturated carbocycles. The van der Waals surface area contributed by atoms with Gasteiger partial charge in [0.25, 0.3) is 0 Å². The molecule has 0 aliphatic rings. The van der Waals surface area contributed by atoms with E-state index in [1.807, 2.05) is 6.92 Å². The zero-order valence-electron chi connectivity index (χ0n) is 3.62. The van der Waals surface area contributed by atoms with Gasteiger partial charge >= 0.3 is 0 Å². The van der Waals surface area contributed by atoms with E-state index in [0.29, 0.717) is 6.54 Å². The third kappa shape index (κ3) is 3.92. The van der Waals surface area contributed by atoms with Gasteiger partial charge in [-0.15, -0.1) is 0 Å². The summed E-state index contributed by atoms with van der Waals surface area (Å²) in [5, 5.41) is 10.1. The van der Waals surface area contributed by atoms with Crippen LogP contribution in [-0.4, -0.2) is 13.6 Å². The standard InChI is InChI=1S/C3H9NO/c1-3-4(2)5/h4H,3H2,1-2H3. The molecule has 0 fully saturated rings. The maximum Gasteiger partial charge on any atom is 0.0737 e. The topological polar surface area (TPSA) is 27.5 Å². The van der Waals surface area contributed by atoms with Gasteiger partial charge in [0.15, 0.2) is 0 Å². The molecule has 2 heteroatoms. The highest BCUT2D eigenvalue weighted by Gasteiger charge is 1.67. The molecule has 0 amide bonds. The molecule has 1 unspecified atom stereocenters. The second-order valence-electron chi connectivity index (χ2n) is 1.06. The average Bonchev–Trinajstić information content (AvgIpc) is 1.38. The molecule has 0 heterocycles. The summed E-state index contributed by atoms with van der Waals surface area (Å²) in [5.74, 6) is 0. The first-order chi connectivity index (χ1) is 2.27. The second-order valence-corrected chi connectivity index (χ2v) is 1.06. The Morgan fingerprint density at radius 2 is 2.00 bits per heavy atom. The Morgan fingerprint density at radius 3 is 2.00 bits per heavy atom. The molecule has 5 heavy (non-hydrogen) atoms. The van der Waals surface area contributed by atoms with Crippen LogP contribution in [0.15, 0.2) is 0 Å². The molecule has 0 aliphatic carbocycles. The molecule has 1 atom stereocenters. The molecule has 0 aromatic heterocycles. The number of rotatable bonds is 1. The van der Waals surface area contributed by atoms with Crippen molar-refractivity contribution < 1.29 is 5.06 Å². The van der Waals surface area contributed by atoms with E-state index in [4.69, 9.17) is 0 Å². The highest BCUT2D eigenvalue weighted by atomic mass is 16.5. The fourth-order valence-corrected chi connectivity index (χ4v) is 0. The Balaban J connectivity index is 2.54. The smallest absolute Gasteiger partial charge is 0.0737 e. The number of nitrogens with one attached hydrogen (secondary N) is 1. The van der Waals surface area contributed by atoms with Gasteiger partial charge in [0.1, 0.15) is 0 Å². The van der Waals surface area contributed by atoms with Crippen LogP contribution in [0.3, 0.4) is 0 Å². The molecule has 32 valence electrons. The van der Waals surface area contributed by atoms with Crippen molar-refractivity contribution in [2.24, 2.45) is 0 Å². The average molecular weight is 75.1 g/mol. The largest absolute Gasteiger partial charge is 0.634 e. The van der Waals surface area contributed by atoms with Gasteiger partial charge in [-0.05, 0) is 6.92 Å². The van der Waals surface area contributed by atoms with E-state index in [9.17, 15) is 5.21 Å². The van der Waals surface area contributed by atoms with Crippen LogP contribution in [0.2, 0.25) is 0 Å². The first-order valence-electron chi connectivity index (χ1n) is 1.76. The number of hydrogen-bond donors (Lipinski definition) is 1.